The summed E-state index contributed by atoms with van der Waals surface area (Å²) >= 11 is 0. The molecule has 0 aromatic heterocycles. The Kier molecular flexibility index (Phi) is 4.58. The quantitative estimate of drug-likeness (QED) is 0.852. The summed E-state index contributed by atoms with van der Waals surface area (Å²) in [5, 5.41) is 0. The SMILES string of the molecule is CCCC1CCN(S(=O)(=O)c2ccc(F)cc2)CC1. The molecule has 1 aliphatic rings. The molecular weight excluding hydrogens is 265 g/mol. The number of sulfonamides is 1. The summed E-state index contributed by atoms with van der Waals surface area (Å²) in [6, 6.07) is 5.05. The van der Waals surface area contributed by atoms with Crippen LogP contribution in [0.15, 0.2) is 29.2 Å². The molecule has 0 atom stereocenters. The van der Waals surface area contributed by atoms with Gasteiger partial charge in [-0.3, -0.25) is 0 Å². The van der Waals surface area contributed by atoms with Crippen molar-refractivity contribution < 1.29 is 12.8 Å². The van der Waals surface area contributed by atoms with Crippen molar-refractivity contribution in [2.75, 3.05) is 13.1 Å². The zero-order valence-electron chi connectivity index (χ0n) is 11.2. The summed E-state index contributed by atoms with van der Waals surface area (Å²) in [5.74, 6) is 0.227. The Morgan fingerprint density at radius 2 is 1.79 bits per heavy atom. The zero-order valence-corrected chi connectivity index (χ0v) is 12.0. The molecule has 2 rings (SSSR count). The highest BCUT2D eigenvalue weighted by atomic mass is 32.2. The average molecular weight is 285 g/mol. The number of nitrogens with zero attached hydrogens (tertiary/aromatic N) is 1. The van der Waals surface area contributed by atoms with E-state index in [1.165, 1.54) is 35.0 Å². The van der Waals surface area contributed by atoms with E-state index in [4.69, 9.17) is 0 Å². The number of hydrogen-bond acceptors (Lipinski definition) is 2. The van der Waals surface area contributed by atoms with E-state index in [0.29, 0.717) is 19.0 Å². The first kappa shape index (κ1) is 14.5. The molecule has 19 heavy (non-hydrogen) atoms. The summed E-state index contributed by atoms with van der Waals surface area (Å²) in [6.45, 7) is 3.30. The third-order valence-electron chi connectivity index (χ3n) is 3.72. The molecule has 0 bridgehead atoms. The van der Waals surface area contributed by atoms with Crippen LogP contribution in [0.2, 0.25) is 0 Å². The first-order valence-corrected chi connectivity index (χ1v) is 8.23. The molecule has 0 aliphatic carbocycles. The molecule has 3 nitrogen and oxygen atoms in total. The molecule has 0 radical (unpaired) electrons. The van der Waals surface area contributed by atoms with Gasteiger partial charge in [-0.25, -0.2) is 12.8 Å². The highest BCUT2D eigenvalue weighted by Gasteiger charge is 2.28. The lowest BCUT2D eigenvalue weighted by atomic mass is 9.94. The predicted octanol–water partition coefficient (Wildman–Crippen LogP) is 3.03. The van der Waals surface area contributed by atoms with Crippen molar-refractivity contribution in [3.8, 4) is 0 Å². The van der Waals surface area contributed by atoms with E-state index in [2.05, 4.69) is 6.92 Å². The number of piperidine rings is 1. The third-order valence-corrected chi connectivity index (χ3v) is 5.63. The topological polar surface area (TPSA) is 37.4 Å². The van der Waals surface area contributed by atoms with Gasteiger partial charge >= 0.3 is 0 Å². The van der Waals surface area contributed by atoms with E-state index in [-0.39, 0.29) is 4.90 Å². The number of rotatable bonds is 4. The van der Waals surface area contributed by atoms with Crippen LogP contribution in [0.25, 0.3) is 0 Å². The summed E-state index contributed by atoms with van der Waals surface area (Å²) < 4.78 is 39.1. The van der Waals surface area contributed by atoms with Gasteiger partial charge in [-0.05, 0) is 43.0 Å². The molecule has 5 heteroatoms. The van der Waals surface area contributed by atoms with Crippen LogP contribution < -0.4 is 0 Å². The standard InChI is InChI=1S/C14H20FNO2S/c1-2-3-12-8-10-16(11-9-12)19(17,18)14-6-4-13(15)5-7-14/h4-7,12H,2-3,8-11H2,1H3. The maximum atomic E-state index is 12.8. The van der Waals surface area contributed by atoms with Gasteiger partial charge in [0.05, 0.1) is 4.90 Å². The zero-order chi connectivity index (χ0) is 13.9. The van der Waals surface area contributed by atoms with Crippen LogP contribution in [0.4, 0.5) is 4.39 Å². The molecule has 0 amide bonds. The number of benzene rings is 1. The molecule has 1 aromatic carbocycles. The lowest BCUT2D eigenvalue weighted by molar-refractivity contribution is 0.262. The maximum absolute atomic E-state index is 12.8. The summed E-state index contributed by atoms with van der Waals surface area (Å²) in [7, 11) is -3.45. The fourth-order valence-corrected chi connectivity index (χ4v) is 4.07. The third kappa shape index (κ3) is 3.34. The Morgan fingerprint density at radius 3 is 2.32 bits per heavy atom. The molecular formula is C14H20FNO2S. The lowest BCUT2D eigenvalue weighted by Gasteiger charge is -2.31. The van der Waals surface area contributed by atoms with Crippen LogP contribution in [0.5, 0.6) is 0 Å². The molecule has 0 spiro atoms. The van der Waals surface area contributed by atoms with Crippen molar-refractivity contribution in [2.24, 2.45) is 5.92 Å². The average Bonchev–Trinajstić information content (AvgIpc) is 2.40. The summed E-state index contributed by atoms with van der Waals surface area (Å²) in [4.78, 5) is 0.183. The van der Waals surface area contributed by atoms with Crippen LogP contribution in [-0.4, -0.2) is 25.8 Å². The first-order chi connectivity index (χ1) is 9.04. The van der Waals surface area contributed by atoms with Gasteiger partial charge in [0.15, 0.2) is 0 Å². The van der Waals surface area contributed by atoms with Gasteiger partial charge < -0.3 is 0 Å². The monoisotopic (exact) mass is 285 g/mol. The normalized spacial score (nSPS) is 18.6. The second-order valence-corrected chi connectivity index (χ2v) is 7.03. The fraction of sp³-hybridized carbons (Fsp3) is 0.571. The fourth-order valence-electron chi connectivity index (χ4n) is 2.60. The molecule has 0 saturated carbocycles. The Labute approximate surface area is 114 Å². The smallest absolute Gasteiger partial charge is 0.207 e. The van der Waals surface area contributed by atoms with Crippen molar-refractivity contribution >= 4 is 10.0 Å². The van der Waals surface area contributed by atoms with Gasteiger partial charge in [-0.1, -0.05) is 19.8 Å². The largest absolute Gasteiger partial charge is 0.243 e. The minimum atomic E-state index is -3.45. The molecule has 1 heterocycles. The van der Waals surface area contributed by atoms with Crippen molar-refractivity contribution in [1.82, 2.24) is 4.31 Å². The Hall–Kier alpha value is -0.940. The second-order valence-electron chi connectivity index (χ2n) is 5.09. The van der Waals surface area contributed by atoms with Gasteiger partial charge in [0.2, 0.25) is 10.0 Å². The highest BCUT2D eigenvalue weighted by molar-refractivity contribution is 7.89. The molecule has 0 N–H and O–H groups in total. The van der Waals surface area contributed by atoms with Crippen LogP contribution in [0, 0.1) is 11.7 Å². The second kappa shape index (κ2) is 6.01. The number of hydrogen-bond donors (Lipinski definition) is 0. The van der Waals surface area contributed by atoms with Crippen molar-refractivity contribution in [3.63, 3.8) is 0 Å². The minimum absolute atomic E-state index is 0.183. The number of halogens is 1. The van der Waals surface area contributed by atoms with Crippen molar-refractivity contribution in [2.45, 2.75) is 37.5 Å². The summed E-state index contributed by atoms with van der Waals surface area (Å²) in [5.41, 5.74) is 0. The van der Waals surface area contributed by atoms with Gasteiger partial charge in [0.1, 0.15) is 5.82 Å². The molecule has 1 aliphatic heterocycles. The van der Waals surface area contributed by atoms with Crippen LogP contribution in [0.3, 0.4) is 0 Å². The molecule has 1 saturated heterocycles. The van der Waals surface area contributed by atoms with E-state index in [1.54, 1.807) is 0 Å². The van der Waals surface area contributed by atoms with Crippen LogP contribution >= 0.6 is 0 Å². The molecule has 1 fully saturated rings. The Morgan fingerprint density at radius 1 is 1.21 bits per heavy atom. The van der Waals surface area contributed by atoms with E-state index in [9.17, 15) is 12.8 Å². The van der Waals surface area contributed by atoms with Gasteiger partial charge in [0, 0.05) is 13.1 Å². The summed E-state index contributed by atoms with van der Waals surface area (Å²) in [6.07, 6.45) is 4.17. The van der Waals surface area contributed by atoms with Crippen molar-refractivity contribution in [1.29, 1.82) is 0 Å². The van der Waals surface area contributed by atoms with E-state index in [0.717, 1.165) is 19.3 Å². The maximum Gasteiger partial charge on any atom is 0.243 e. The minimum Gasteiger partial charge on any atom is -0.207 e. The van der Waals surface area contributed by atoms with Crippen LogP contribution in [-0.2, 0) is 10.0 Å². The van der Waals surface area contributed by atoms with E-state index >= 15 is 0 Å². The van der Waals surface area contributed by atoms with Crippen LogP contribution in [0.1, 0.15) is 32.6 Å². The predicted molar refractivity (Wildman–Crippen MR) is 72.8 cm³/mol. The Bertz CT molecular complexity index is 505. The first-order valence-electron chi connectivity index (χ1n) is 6.79. The van der Waals surface area contributed by atoms with Gasteiger partial charge in [-0.2, -0.15) is 4.31 Å². The lowest BCUT2D eigenvalue weighted by Crippen LogP contribution is -2.38. The molecule has 106 valence electrons. The van der Waals surface area contributed by atoms with E-state index < -0.39 is 15.8 Å². The Balaban J connectivity index is 2.07. The molecule has 1 aromatic rings. The van der Waals surface area contributed by atoms with Crippen molar-refractivity contribution in [3.05, 3.63) is 30.1 Å². The van der Waals surface area contributed by atoms with Gasteiger partial charge in [0.25, 0.3) is 0 Å². The highest BCUT2D eigenvalue weighted by Crippen LogP contribution is 2.26. The molecule has 0 unspecified atom stereocenters. The van der Waals surface area contributed by atoms with E-state index in [1.807, 2.05) is 0 Å². The van der Waals surface area contributed by atoms with Gasteiger partial charge in [-0.15, -0.1) is 0 Å².